The molecule has 3 rings (SSSR count). The SMILES string of the molecule is Cc1csc2c1c(C(=O)c1c(Cl)cccc1Cl)cn2CCC(=O)O. The van der Waals surface area contributed by atoms with Gasteiger partial charge in [0.15, 0.2) is 5.78 Å². The number of carboxylic acid groups (broad SMARTS) is 1. The summed E-state index contributed by atoms with van der Waals surface area (Å²) in [5, 5.41) is 12.3. The molecule has 1 aromatic carbocycles. The van der Waals surface area contributed by atoms with Crippen LogP contribution < -0.4 is 0 Å². The van der Waals surface area contributed by atoms with E-state index in [9.17, 15) is 9.59 Å². The van der Waals surface area contributed by atoms with E-state index >= 15 is 0 Å². The molecule has 0 amide bonds. The molecule has 0 atom stereocenters. The summed E-state index contributed by atoms with van der Waals surface area (Å²) in [6.07, 6.45) is 1.68. The van der Waals surface area contributed by atoms with E-state index in [4.69, 9.17) is 28.3 Å². The molecule has 0 saturated heterocycles. The van der Waals surface area contributed by atoms with Crippen molar-refractivity contribution in [3.8, 4) is 0 Å². The molecular weight excluding hydrogens is 369 g/mol. The van der Waals surface area contributed by atoms with Crippen LogP contribution in [0.3, 0.4) is 0 Å². The van der Waals surface area contributed by atoms with Gasteiger partial charge in [0, 0.05) is 23.7 Å². The van der Waals surface area contributed by atoms with Gasteiger partial charge in [-0.3, -0.25) is 9.59 Å². The lowest BCUT2D eigenvalue weighted by atomic mass is 10.0. The van der Waals surface area contributed by atoms with Crippen LogP contribution in [-0.2, 0) is 11.3 Å². The first-order chi connectivity index (χ1) is 11.4. The standard InChI is InChI=1S/C17H13Cl2NO3S/c1-9-8-24-17-14(9)10(7-20(17)6-5-13(21)22)16(23)15-11(18)3-2-4-12(15)19/h2-4,7-8H,5-6H2,1H3,(H,21,22). The predicted octanol–water partition coefficient (Wildman–Crippen LogP) is 5.02. The molecule has 2 aromatic heterocycles. The number of aliphatic carboxylic acids is 1. The van der Waals surface area contributed by atoms with Gasteiger partial charge in [0.25, 0.3) is 0 Å². The fourth-order valence-electron chi connectivity index (χ4n) is 2.65. The summed E-state index contributed by atoms with van der Waals surface area (Å²) in [5.41, 5.74) is 1.73. The number of carbonyl (C=O) groups excluding carboxylic acids is 1. The minimum atomic E-state index is -0.882. The molecule has 0 unspecified atom stereocenters. The first-order valence-corrected chi connectivity index (χ1v) is 8.81. The topological polar surface area (TPSA) is 59.3 Å². The van der Waals surface area contributed by atoms with Gasteiger partial charge in [-0.15, -0.1) is 11.3 Å². The van der Waals surface area contributed by atoms with Crippen LogP contribution in [0, 0.1) is 6.92 Å². The van der Waals surface area contributed by atoms with E-state index in [1.807, 2.05) is 12.3 Å². The minimum Gasteiger partial charge on any atom is -0.481 e. The number of hydrogen-bond acceptors (Lipinski definition) is 3. The number of benzene rings is 1. The second kappa shape index (κ2) is 6.59. The first-order valence-electron chi connectivity index (χ1n) is 7.17. The van der Waals surface area contributed by atoms with Gasteiger partial charge >= 0.3 is 5.97 Å². The maximum Gasteiger partial charge on any atom is 0.305 e. The second-order valence-corrected chi connectivity index (χ2v) is 7.08. The Morgan fingerprint density at radius 3 is 2.54 bits per heavy atom. The average molecular weight is 382 g/mol. The van der Waals surface area contributed by atoms with E-state index in [0.717, 1.165) is 15.8 Å². The molecule has 0 bridgehead atoms. The number of aromatic nitrogens is 1. The van der Waals surface area contributed by atoms with Crippen LogP contribution in [0.4, 0.5) is 0 Å². The van der Waals surface area contributed by atoms with Crippen molar-refractivity contribution < 1.29 is 14.7 Å². The summed E-state index contributed by atoms with van der Waals surface area (Å²) in [6, 6.07) is 4.93. The van der Waals surface area contributed by atoms with Crippen molar-refractivity contribution >= 4 is 56.5 Å². The van der Waals surface area contributed by atoms with Gasteiger partial charge in [-0.25, -0.2) is 0 Å². The summed E-state index contributed by atoms with van der Waals surface area (Å²) < 4.78 is 1.80. The third-order valence-corrected chi connectivity index (χ3v) is 5.53. The number of fused-ring (bicyclic) bond motifs is 1. The Morgan fingerprint density at radius 2 is 1.92 bits per heavy atom. The van der Waals surface area contributed by atoms with Crippen LogP contribution in [0.1, 0.15) is 27.9 Å². The Kier molecular flexibility index (Phi) is 4.67. The highest BCUT2D eigenvalue weighted by molar-refractivity contribution is 7.17. The first kappa shape index (κ1) is 17.0. The Morgan fingerprint density at radius 1 is 1.25 bits per heavy atom. The van der Waals surface area contributed by atoms with Gasteiger partial charge in [-0.05, 0) is 30.0 Å². The lowest BCUT2D eigenvalue weighted by Gasteiger charge is -2.05. The number of ketones is 1. The van der Waals surface area contributed by atoms with Crippen LogP contribution in [0.5, 0.6) is 0 Å². The molecule has 0 aliphatic carbocycles. The highest BCUT2D eigenvalue weighted by Crippen LogP contribution is 2.35. The van der Waals surface area contributed by atoms with Crippen LogP contribution in [0.15, 0.2) is 29.8 Å². The maximum atomic E-state index is 13.0. The molecular formula is C17H13Cl2NO3S. The van der Waals surface area contributed by atoms with Crippen LogP contribution in [0.25, 0.3) is 10.2 Å². The van der Waals surface area contributed by atoms with Crippen molar-refractivity contribution in [1.29, 1.82) is 0 Å². The highest BCUT2D eigenvalue weighted by Gasteiger charge is 2.23. The van der Waals surface area contributed by atoms with Gasteiger partial charge in [0.2, 0.25) is 0 Å². The van der Waals surface area contributed by atoms with Gasteiger partial charge < -0.3 is 9.67 Å². The van der Waals surface area contributed by atoms with Crippen molar-refractivity contribution in [2.24, 2.45) is 0 Å². The molecule has 24 heavy (non-hydrogen) atoms. The van der Waals surface area contributed by atoms with Crippen molar-refractivity contribution in [3.63, 3.8) is 0 Å². The number of halogens is 2. The molecule has 1 N–H and O–H groups in total. The Hall–Kier alpha value is -1.82. The van der Waals surface area contributed by atoms with Gasteiger partial charge in [-0.2, -0.15) is 0 Å². The molecule has 0 saturated carbocycles. The zero-order valence-corrected chi connectivity index (χ0v) is 15.0. The third-order valence-electron chi connectivity index (χ3n) is 3.77. The molecule has 124 valence electrons. The van der Waals surface area contributed by atoms with E-state index in [-0.39, 0.29) is 17.8 Å². The highest BCUT2D eigenvalue weighted by atomic mass is 35.5. The summed E-state index contributed by atoms with van der Waals surface area (Å²) in [5.74, 6) is -1.14. The van der Waals surface area contributed by atoms with E-state index in [1.165, 1.54) is 11.3 Å². The molecule has 0 aliphatic heterocycles. The van der Waals surface area contributed by atoms with Gasteiger partial charge in [0.05, 0.1) is 22.0 Å². The van der Waals surface area contributed by atoms with E-state index < -0.39 is 5.97 Å². The van der Waals surface area contributed by atoms with Crippen LogP contribution >= 0.6 is 34.5 Å². The molecule has 0 fully saturated rings. The monoisotopic (exact) mass is 381 g/mol. The van der Waals surface area contributed by atoms with Gasteiger partial charge in [-0.1, -0.05) is 29.3 Å². The molecule has 3 aromatic rings. The number of rotatable bonds is 5. The molecule has 7 heteroatoms. The fraction of sp³-hybridized carbons (Fsp3) is 0.176. The number of aryl methyl sites for hydroxylation is 2. The molecule has 0 aliphatic rings. The molecule has 0 radical (unpaired) electrons. The van der Waals surface area contributed by atoms with E-state index in [0.29, 0.717) is 22.2 Å². The van der Waals surface area contributed by atoms with Crippen LogP contribution in [0.2, 0.25) is 10.0 Å². The van der Waals surface area contributed by atoms with Crippen molar-refractivity contribution in [3.05, 3.63) is 56.5 Å². The smallest absolute Gasteiger partial charge is 0.305 e. The number of hydrogen-bond donors (Lipinski definition) is 1. The van der Waals surface area contributed by atoms with Crippen molar-refractivity contribution in [2.45, 2.75) is 19.9 Å². The Bertz CT molecular complexity index is 938. The summed E-state index contributed by atoms with van der Waals surface area (Å²) in [6.45, 7) is 2.22. The lowest BCUT2D eigenvalue weighted by molar-refractivity contribution is -0.137. The lowest BCUT2D eigenvalue weighted by Crippen LogP contribution is -2.05. The average Bonchev–Trinajstić information content (AvgIpc) is 3.06. The van der Waals surface area contributed by atoms with Crippen molar-refractivity contribution in [2.75, 3.05) is 0 Å². The molecule has 4 nitrogen and oxygen atoms in total. The Balaban J connectivity index is 2.14. The quantitative estimate of drug-likeness (QED) is 0.630. The van der Waals surface area contributed by atoms with E-state index in [2.05, 4.69) is 0 Å². The normalized spacial score (nSPS) is 11.1. The predicted molar refractivity (Wildman–Crippen MR) is 96.7 cm³/mol. The van der Waals surface area contributed by atoms with Gasteiger partial charge in [0.1, 0.15) is 4.83 Å². The fourth-order valence-corrected chi connectivity index (χ4v) is 4.30. The van der Waals surface area contributed by atoms with E-state index in [1.54, 1.807) is 29.0 Å². The minimum absolute atomic E-state index is 0.0127. The number of nitrogens with zero attached hydrogens (tertiary/aromatic N) is 1. The maximum absolute atomic E-state index is 13.0. The zero-order chi connectivity index (χ0) is 17.4. The largest absolute Gasteiger partial charge is 0.481 e. The van der Waals surface area contributed by atoms with Crippen molar-refractivity contribution in [1.82, 2.24) is 4.57 Å². The third kappa shape index (κ3) is 2.95. The molecule has 0 spiro atoms. The Labute approximate surface area is 152 Å². The second-order valence-electron chi connectivity index (χ2n) is 5.40. The summed E-state index contributed by atoms with van der Waals surface area (Å²) >= 11 is 13.8. The summed E-state index contributed by atoms with van der Waals surface area (Å²) in [7, 11) is 0. The number of thiophene rings is 1. The summed E-state index contributed by atoms with van der Waals surface area (Å²) in [4.78, 5) is 24.7. The number of carbonyl (C=O) groups is 2. The molecule has 2 heterocycles. The number of carboxylic acids is 1. The van der Waals surface area contributed by atoms with Crippen LogP contribution in [-0.4, -0.2) is 21.4 Å². The zero-order valence-electron chi connectivity index (χ0n) is 12.7.